The second-order valence-electron chi connectivity index (χ2n) is 22.1. The standard InChI is InChI=1S/C73H50O2/c1-71(2)59-34-11-13-38-64(59)74-69-51(28-18-36-62(69)71)45-24-15-26-49-55(45)42-56-46(52-29-19-37-63-70(52)75-65-39-14-12-35-60(65)72(63,3)4)25-16-27-50(56)66(49)53-30-17-31-54-67-44-21-6-5-20-43(44)40-41-61(67)73(68(53)54)57-32-9-7-22-47(57)48-23-8-10-33-58(48)73/h5-42H,1-4H3. The van der Waals surface area contributed by atoms with Crippen LogP contribution in [-0.4, -0.2) is 0 Å². The summed E-state index contributed by atoms with van der Waals surface area (Å²) >= 11 is 0. The number of ether oxygens (including phenoxy) is 2. The summed E-state index contributed by atoms with van der Waals surface area (Å²) in [7, 11) is 0. The Bertz CT molecular complexity index is 4280. The number of rotatable bonds is 3. The number of fused-ring (bicyclic) bond motifs is 18. The highest BCUT2D eigenvalue weighted by Crippen LogP contribution is 2.66. The fourth-order valence-corrected chi connectivity index (χ4v) is 14.5. The Morgan fingerprint density at radius 2 is 0.667 bits per heavy atom. The van der Waals surface area contributed by atoms with Gasteiger partial charge in [0.2, 0.25) is 0 Å². The summed E-state index contributed by atoms with van der Waals surface area (Å²) in [5.41, 5.74) is 21.0. The van der Waals surface area contributed by atoms with Crippen LogP contribution >= 0.6 is 0 Å². The first-order chi connectivity index (χ1) is 36.7. The molecule has 0 unspecified atom stereocenters. The van der Waals surface area contributed by atoms with Gasteiger partial charge in [0, 0.05) is 44.2 Å². The molecule has 0 fully saturated rings. The van der Waals surface area contributed by atoms with Gasteiger partial charge in [-0.1, -0.05) is 240 Å². The van der Waals surface area contributed by atoms with E-state index in [4.69, 9.17) is 9.47 Å². The van der Waals surface area contributed by atoms with Crippen molar-refractivity contribution in [1.82, 2.24) is 0 Å². The summed E-state index contributed by atoms with van der Waals surface area (Å²) in [4.78, 5) is 0. The quantitative estimate of drug-likeness (QED) is 0.164. The minimum atomic E-state index is -0.598. The summed E-state index contributed by atoms with van der Waals surface area (Å²) in [6.07, 6.45) is 0. The Kier molecular flexibility index (Phi) is 8.54. The zero-order valence-corrected chi connectivity index (χ0v) is 42.3. The van der Waals surface area contributed by atoms with E-state index >= 15 is 0 Å². The van der Waals surface area contributed by atoms with Gasteiger partial charge >= 0.3 is 0 Å². The first-order valence-corrected chi connectivity index (χ1v) is 26.4. The van der Waals surface area contributed by atoms with Crippen LogP contribution in [0.1, 0.15) is 72.2 Å². The van der Waals surface area contributed by atoms with Gasteiger partial charge in [-0.2, -0.15) is 0 Å². The molecular weight excluding hydrogens is 909 g/mol. The second kappa shape index (κ2) is 15.1. The van der Waals surface area contributed by atoms with Crippen LogP contribution in [0, 0.1) is 0 Å². The van der Waals surface area contributed by atoms with Crippen LogP contribution in [0.4, 0.5) is 0 Å². The van der Waals surface area contributed by atoms with Crippen molar-refractivity contribution < 1.29 is 9.47 Å². The van der Waals surface area contributed by atoms with Crippen molar-refractivity contribution in [3.8, 4) is 78.6 Å². The van der Waals surface area contributed by atoms with E-state index in [-0.39, 0.29) is 10.8 Å². The van der Waals surface area contributed by atoms with Gasteiger partial charge in [0.25, 0.3) is 0 Å². The molecule has 16 rings (SSSR count). The largest absolute Gasteiger partial charge is 0.456 e. The van der Waals surface area contributed by atoms with Crippen molar-refractivity contribution >= 4 is 32.3 Å². The lowest BCUT2D eigenvalue weighted by molar-refractivity contribution is 0.419. The van der Waals surface area contributed by atoms with Crippen LogP contribution in [0.15, 0.2) is 231 Å². The highest BCUT2D eigenvalue weighted by Gasteiger charge is 2.53. The van der Waals surface area contributed by atoms with E-state index in [0.717, 1.165) is 56.0 Å². The van der Waals surface area contributed by atoms with E-state index in [0.29, 0.717) is 0 Å². The third-order valence-electron chi connectivity index (χ3n) is 17.8. The predicted octanol–water partition coefficient (Wildman–Crippen LogP) is 19.4. The van der Waals surface area contributed by atoms with Crippen molar-refractivity contribution in [2.24, 2.45) is 0 Å². The predicted molar refractivity (Wildman–Crippen MR) is 309 cm³/mol. The smallest absolute Gasteiger partial charge is 0.139 e. The lowest BCUT2D eigenvalue weighted by Crippen LogP contribution is -2.26. The molecule has 354 valence electrons. The van der Waals surface area contributed by atoms with E-state index in [1.807, 2.05) is 0 Å². The summed E-state index contributed by atoms with van der Waals surface area (Å²) in [5.74, 6) is 3.64. The lowest BCUT2D eigenvalue weighted by atomic mass is 9.68. The van der Waals surface area contributed by atoms with Crippen LogP contribution in [0.3, 0.4) is 0 Å². The fraction of sp³-hybridized carbons (Fsp3) is 0.0959. The molecule has 0 N–H and O–H groups in total. The van der Waals surface area contributed by atoms with Crippen molar-refractivity contribution in [1.29, 1.82) is 0 Å². The zero-order valence-electron chi connectivity index (χ0n) is 42.3. The van der Waals surface area contributed by atoms with E-state index < -0.39 is 5.41 Å². The summed E-state index contributed by atoms with van der Waals surface area (Å²) in [6.45, 7) is 9.30. The molecule has 4 aliphatic rings. The highest BCUT2D eigenvalue weighted by atomic mass is 16.5. The van der Waals surface area contributed by atoms with Gasteiger partial charge in [-0.3, -0.25) is 0 Å². The first-order valence-electron chi connectivity index (χ1n) is 26.4. The molecule has 2 heterocycles. The van der Waals surface area contributed by atoms with E-state index in [2.05, 4.69) is 258 Å². The Morgan fingerprint density at radius 1 is 0.267 bits per heavy atom. The molecule has 0 atom stereocenters. The monoisotopic (exact) mass is 958 g/mol. The second-order valence-corrected chi connectivity index (χ2v) is 22.1. The minimum Gasteiger partial charge on any atom is -0.456 e. The molecule has 0 bridgehead atoms. The Labute approximate surface area is 437 Å². The number of hydrogen-bond acceptors (Lipinski definition) is 2. The van der Waals surface area contributed by atoms with Crippen molar-refractivity contribution in [2.75, 3.05) is 0 Å². The summed E-state index contributed by atoms with van der Waals surface area (Å²) in [6, 6.07) is 86.1. The van der Waals surface area contributed by atoms with Gasteiger partial charge in [0.15, 0.2) is 0 Å². The van der Waals surface area contributed by atoms with Crippen LogP contribution in [0.25, 0.3) is 88.0 Å². The average Bonchev–Trinajstić information content (AvgIpc) is 4.16. The molecule has 1 spiro atoms. The van der Waals surface area contributed by atoms with Crippen LogP contribution in [0.5, 0.6) is 23.0 Å². The fourth-order valence-electron chi connectivity index (χ4n) is 14.5. The number of hydrogen-bond donors (Lipinski definition) is 0. The Balaban J connectivity index is 1.06. The molecule has 12 aromatic carbocycles. The summed E-state index contributed by atoms with van der Waals surface area (Å²) in [5, 5.41) is 7.23. The van der Waals surface area contributed by atoms with Crippen LogP contribution in [-0.2, 0) is 16.2 Å². The molecular formula is C73H50O2. The first kappa shape index (κ1) is 42.5. The maximum atomic E-state index is 7.10. The molecule has 12 aromatic rings. The molecule has 75 heavy (non-hydrogen) atoms. The Hall–Kier alpha value is -8.98. The molecule has 0 saturated heterocycles. The maximum Gasteiger partial charge on any atom is 0.139 e. The molecule has 2 nitrogen and oxygen atoms in total. The van der Waals surface area contributed by atoms with Gasteiger partial charge < -0.3 is 9.47 Å². The van der Waals surface area contributed by atoms with Gasteiger partial charge in [-0.15, -0.1) is 0 Å². The lowest BCUT2D eigenvalue weighted by Gasteiger charge is -2.35. The molecule has 0 aromatic heterocycles. The summed E-state index contributed by atoms with van der Waals surface area (Å²) < 4.78 is 14.2. The van der Waals surface area contributed by atoms with Gasteiger partial charge in [0.05, 0.1) is 5.41 Å². The van der Waals surface area contributed by atoms with Gasteiger partial charge in [0.1, 0.15) is 23.0 Å². The highest BCUT2D eigenvalue weighted by molar-refractivity contribution is 6.21. The minimum absolute atomic E-state index is 0.277. The van der Waals surface area contributed by atoms with Crippen molar-refractivity contribution in [3.05, 3.63) is 275 Å². The van der Waals surface area contributed by atoms with Gasteiger partial charge in [-0.25, -0.2) is 0 Å². The third-order valence-corrected chi connectivity index (χ3v) is 17.8. The average molecular weight is 959 g/mol. The van der Waals surface area contributed by atoms with E-state index in [1.54, 1.807) is 0 Å². The van der Waals surface area contributed by atoms with Crippen molar-refractivity contribution in [2.45, 2.75) is 43.9 Å². The molecule has 2 heteroatoms. The van der Waals surface area contributed by atoms with E-state index in [1.165, 1.54) is 99.4 Å². The van der Waals surface area contributed by atoms with Crippen molar-refractivity contribution in [3.63, 3.8) is 0 Å². The maximum absolute atomic E-state index is 7.10. The third kappa shape index (κ3) is 5.48. The molecule has 0 amide bonds. The topological polar surface area (TPSA) is 18.5 Å². The van der Waals surface area contributed by atoms with Gasteiger partial charge in [-0.05, 0) is 117 Å². The number of para-hydroxylation sites is 4. The molecule has 0 saturated carbocycles. The van der Waals surface area contributed by atoms with Crippen LogP contribution < -0.4 is 9.47 Å². The zero-order chi connectivity index (χ0) is 50.0. The molecule has 0 radical (unpaired) electrons. The number of benzene rings is 12. The SMILES string of the molecule is CC1(C)c2ccccc2Oc2c(-c3cccc4c(-c5cccc6c5C5(c7ccccc7-c7ccccc75)c5ccc7ccccc7c5-6)c5cccc(-c6cccc7c6Oc6ccccc6C7(C)C)c5cc34)cccc21. The molecule has 2 aliphatic carbocycles. The Morgan fingerprint density at radius 3 is 1.24 bits per heavy atom. The normalized spacial score (nSPS) is 15.2. The van der Waals surface area contributed by atoms with Crippen LogP contribution in [0.2, 0.25) is 0 Å². The van der Waals surface area contributed by atoms with E-state index in [9.17, 15) is 0 Å². The molecule has 2 aliphatic heterocycles.